The zero-order valence-corrected chi connectivity index (χ0v) is 10.3. The van der Waals surface area contributed by atoms with E-state index in [4.69, 9.17) is 28.9 Å². The van der Waals surface area contributed by atoms with Crippen molar-refractivity contribution in [3.8, 4) is 0 Å². The average molecular weight is 247 g/mol. The predicted molar refractivity (Wildman–Crippen MR) is 68.0 cm³/mol. The van der Waals surface area contributed by atoms with Crippen molar-refractivity contribution >= 4 is 28.9 Å². The SMILES string of the molecule is CC(Cl)CN(CCN)c1ccc(Cl)cc1. The first-order valence-corrected chi connectivity index (χ1v) is 5.79. The van der Waals surface area contributed by atoms with Gasteiger partial charge in [-0.3, -0.25) is 0 Å². The zero-order chi connectivity index (χ0) is 11.3. The fraction of sp³-hybridized carbons (Fsp3) is 0.455. The molecule has 0 aliphatic heterocycles. The van der Waals surface area contributed by atoms with Crippen LogP contribution in [0.2, 0.25) is 5.02 Å². The number of halogens is 2. The average Bonchev–Trinajstić information content (AvgIpc) is 2.17. The van der Waals surface area contributed by atoms with Crippen LogP contribution in [-0.4, -0.2) is 25.0 Å². The Kier molecular flexibility index (Phi) is 5.23. The lowest BCUT2D eigenvalue weighted by Crippen LogP contribution is -2.33. The maximum Gasteiger partial charge on any atom is 0.0483 e. The van der Waals surface area contributed by atoms with Gasteiger partial charge in [0.15, 0.2) is 0 Å². The number of anilines is 1. The molecule has 1 unspecified atom stereocenters. The Morgan fingerprint density at radius 2 is 1.93 bits per heavy atom. The van der Waals surface area contributed by atoms with Gasteiger partial charge in [-0.25, -0.2) is 0 Å². The highest BCUT2D eigenvalue weighted by Crippen LogP contribution is 2.18. The number of benzene rings is 1. The van der Waals surface area contributed by atoms with Gasteiger partial charge in [-0.15, -0.1) is 11.6 Å². The van der Waals surface area contributed by atoms with Crippen molar-refractivity contribution in [1.82, 2.24) is 0 Å². The lowest BCUT2D eigenvalue weighted by Gasteiger charge is -2.25. The van der Waals surface area contributed by atoms with Gasteiger partial charge in [-0.2, -0.15) is 0 Å². The lowest BCUT2D eigenvalue weighted by molar-refractivity contribution is 0.767. The normalized spacial score (nSPS) is 12.5. The van der Waals surface area contributed by atoms with Gasteiger partial charge in [0.05, 0.1) is 0 Å². The summed E-state index contributed by atoms with van der Waals surface area (Å²) < 4.78 is 0. The van der Waals surface area contributed by atoms with Gasteiger partial charge in [-0.1, -0.05) is 11.6 Å². The second-order valence-corrected chi connectivity index (χ2v) is 4.67. The minimum atomic E-state index is 0.104. The van der Waals surface area contributed by atoms with E-state index in [2.05, 4.69) is 4.90 Å². The van der Waals surface area contributed by atoms with Crippen molar-refractivity contribution in [2.75, 3.05) is 24.5 Å². The molecule has 1 rings (SSSR count). The van der Waals surface area contributed by atoms with Crippen LogP contribution in [-0.2, 0) is 0 Å². The maximum atomic E-state index is 5.98. The fourth-order valence-corrected chi connectivity index (χ4v) is 1.73. The van der Waals surface area contributed by atoms with Gasteiger partial charge in [0.25, 0.3) is 0 Å². The molecule has 0 aromatic heterocycles. The van der Waals surface area contributed by atoms with E-state index >= 15 is 0 Å². The molecule has 0 saturated carbocycles. The molecule has 0 spiro atoms. The van der Waals surface area contributed by atoms with E-state index in [-0.39, 0.29) is 5.38 Å². The number of hydrogen-bond donors (Lipinski definition) is 1. The summed E-state index contributed by atoms with van der Waals surface area (Å²) in [7, 11) is 0. The molecule has 1 aromatic carbocycles. The molecule has 1 aromatic rings. The van der Waals surface area contributed by atoms with Crippen molar-refractivity contribution in [3.05, 3.63) is 29.3 Å². The Morgan fingerprint density at radius 1 is 1.33 bits per heavy atom. The molecule has 0 aliphatic rings. The second-order valence-electron chi connectivity index (χ2n) is 3.49. The second kappa shape index (κ2) is 6.21. The standard InChI is InChI=1S/C11H16Cl2N2/c1-9(12)8-15(7-6-14)11-4-2-10(13)3-5-11/h2-5,9H,6-8,14H2,1H3. The summed E-state index contributed by atoms with van der Waals surface area (Å²) in [5, 5.41) is 0.845. The molecule has 0 heterocycles. The molecule has 15 heavy (non-hydrogen) atoms. The topological polar surface area (TPSA) is 29.3 Å². The van der Waals surface area contributed by atoms with Gasteiger partial charge in [0, 0.05) is 35.7 Å². The molecule has 1 atom stereocenters. The van der Waals surface area contributed by atoms with Crippen molar-refractivity contribution in [2.45, 2.75) is 12.3 Å². The maximum absolute atomic E-state index is 5.98. The Hall–Kier alpha value is -0.440. The minimum Gasteiger partial charge on any atom is -0.369 e. The highest BCUT2D eigenvalue weighted by atomic mass is 35.5. The number of nitrogens with zero attached hydrogens (tertiary/aromatic N) is 1. The van der Waals surface area contributed by atoms with E-state index in [1.54, 1.807) is 0 Å². The molecular formula is C11H16Cl2N2. The quantitative estimate of drug-likeness (QED) is 0.810. The summed E-state index contributed by atoms with van der Waals surface area (Å²) in [6, 6.07) is 7.72. The van der Waals surface area contributed by atoms with Gasteiger partial charge in [-0.05, 0) is 31.2 Å². The monoisotopic (exact) mass is 246 g/mol. The van der Waals surface area contributed by atoms with Crippen LogP contribution in [0.25, 0.3) is 0 Å². The van der Waals surface area contributed by atoms with Gasteiger partial charge in [0.1, 0.15) is 0 Å². The molecule has 0 saturated heterocycles. The summed E-state index contributed by atoms with van der Waals surface area (Å²) in [4.78, 5) is 2.16. The van der Waals surface area contributed by atoms with Gasteiger partial charge in [0.2, 0.25) is 0 Å². The first-order valence-electron chi connectivity index (χ1n) is 4.98. The van der Waals surface area contributed by atoms with Crippen LogP contribution in [0.15, 0.2) is 24.3 Å². The lowest BCUT2D eigenvalue weighted by atomic mass is 10.2. The Labute approximate surface area is 101 Å². The predicted octanol–water partition coefficient (Wildman–Crippen LogP) is 2.73. The van der Waals surface area contributed by atoms with E-state index < -0.39 is 0 Å². The first-order chi connectivity index (χ1) is 7.13. The molecule has 0 radical (unpaired) electrons. The van der Waals surface area contributed by atoms with E-state index in [0.717, 1.165) is 23.8 Å². The molecule has 0 amide bonds. The minimum absolute atomic E-state index is 0.104. The van der Waals surface area contributed by atoms with Gasteiger partial charge < -0.3 is 10.6 Å². The third kappa shape index (κ3) is 4.29. The van der Waals surface area contributed by atoms with Crippen LogP contribution in [0.3, 0.4) is 0 Å². The molecule has 2 nitrogen and oxygen atoms in total. The van der Waals surface area contributed by atoms with E-state index in [1.807, 2.05) is 31.2 Å². The summed E-state index contributed by atoms with van der Waals surface area (Å²) in [6.07, 6.45) is 0. The van der Waals surface area contributed by atoms with E-state index in [1.165, 1.54) is 0 Å². The van der Waals surface area contributed by atoms with Crippen LogP contribution < -0.4 is 10.6 Å². The molecule has 0 fully saturated rings. The van der Waals surface area contributed by atoms with E-state index in [9.17, 15) is 0 Å². The van der Waals surface area contributed by atoms with Crippen molar-refractivity contribution < 1.29 is 0 Å². The van der Waals surface area contributed by atoms with Crippen LogP contribution in [0.4, 0.5) is 5.69 Å². The number of alkyl halides is 1. The van der Waals surface area contributed by atoms with Crippen molar-refractivity contribution in [2.24, 2.45) is 5.73 Å². The highest BCUT2D eigenvalue weighted by Gasteiger charge is 2.08. The Balaban J connectivity index is 2.74. The van der Waals surface area contributed by atoms with Gasteiger partial charge >= 0.3 is 0 Å². The van der Waals surface area contributed by atoms with Crippen LogP contribution in [0, 0.1) is 0 Å². The van der Waals surface area contributed by atoms with E-state index in [0.29, 0.717) is 6.54 Å². The van der Waals surface area contributed by atoms with Crippen LogP contribution in [0.5, 0.6) is 0 Å². The van der Waals surface area contributed by atoms with Crippen molar-refractivity contribution in [1.29, 1.82) is 0 Å². The third-order valence-corrected chi connectivity index (χ3v) is 2.45. The summed E-state index contributed by atoms with van der Waals surface area (Å²) in [5.74, 6) is 0. The largest absolute Gasteiger partial charge is 0.369 e. The fourth-order valence-electron chi connectivity index (χ4n) is 1.44. The number of hydrogen-bond acceptors (Lipinski definition) is 2. The summed E-state index contributed by atoms with van der Waals surface area (Å²) >= 11 is 11.8. The Bertz CT molecular complexity index is 285. The summed E-state index contributed by atoms with van der Waals surface area (Å²) in [5.41, 5.74) is 6.67. The summed E-state index contributed by atoms with van der Waals surface area (Å²) in [6.45, 7) is 4.19. The first kappa shape index (κ1) is 12.6. The molecule has 2 N–H and O–H groups in total. The van der Waals surface area contributed by atoms with Crippen LogP contribution >= 0.6 is 23.2 Å². The molecule has 0 bridgehead atoms. The molecule has 4 heteroatoms. The zero-order valence-electron chi connectivity index (χ0n) is 8.79. The molecular weight excluding hydrogens is 231 g/mol. The highest BCUT2D eigenvalue weighted by molar-refractivity contribution is 6.30. The molecule has 0 aliphatic carbocycles. The third-order valence-electron chi connectivity index (χ3n) is 2.06. The van der Waals surface area contributed by atoms with Crippen LogP contribution in [0.1, 0.15) is 6.92 Å². The smallest absolute Gasteiger partial charge is 0.0483 e. The number of nitrogens with two attached hydrogens (primary N) is 1. The Morgan fingerprint density at radius 3 is 2.40 bits per heavy atom. The molecule has 84 valence electrons. The van der Waals surface area contributed by atoms with Crippen molar-refractivity contribution in [3.63, 3.8) is 0 Å². The number of rotatable bonds is 5.